The molecule has 0 radical (unpaired) electrons. The van der Waals surface area contributed by atoms with Crippen molar-refractivity contribution in [2.24, 2.45) is 5.10 Å². The van der Waals surface area contributed by atoms with Crippen LogP contribution in [0, 0.1) is 13.8 Å². The molecule has 0 aromatic heterocycles. The molecule has 0 atom stereocenters. The Bertz CT molecular complexity index is 944. The SMILES string of the molecule is CCOc1cc(C=NNC(=O)CCC(=O)Nc2cc(C)ccc2C)cc(Br)c1OC. The zero-order chi connectivity index (χ0) is 22.1. The quantitative estimate of drug-likeness (QED) is 0.416. The Morgan fingerprint density at radius 2 is 1.87 bits per heavy atom. The lowest BCUT2D eigenvalue weighted by molar-refractivity contribution is -0.124. The van der Waals surface area contributed by atoms with Crippen LogP contribution in [0.25, 0.3) is 0 Å². The average molecular weight is 476 g/mol. The number of benzene rings is 2. The first-order valence-corrected chi connectivity index (χ1v) is 10.3. The number of carbonyl (C=O) groups is 2. The van der Waals surface area contributed by atoms with Gasteiger partial charge in [0.15, 0.2) is 11.5 Å². The van der Waals surface area contributed by atoms with E-state index in [1.54, 1.807) is 19.2 Å². The number of halogens is 1. The normalized spacial score (nSPS) is 10.7. The van der Waals surface area contributed by atoms with Gasteiger partial charge in [-0.25, -0.2) is 5.43 Å². The Hall–Kier alpha value is -2.87. The number of hydrogen-bond donors (Lipinski definition) is 2. The van der Waals surface area contributed by atoms with Gasteiger partial charge in [-0.3, -0.25) is 9.59 Å². The van der Waals surface area contributed by atoms with Crippen LogP contribution in [-0.2, 0) is 9.59 Å². The molecule has 30 heavy (non-hydrogen) atoms. The Labute approximate surface area is 185 Å². The first-order valence-electron chi connectivity index (χ1n) is 9.53. The molecule has 2 aromatic rings. The summed E-state index contributed by atoms with van der Waals surface area (Å²) < 4.78 is 11.6. The van der Waals surface area contributed by atoms with Gasteiger partial charge in [-0.2, -0.15) is 5.10 Å². The van der Waals surface area contributed by atoms with E-state index in [4.69, 9.17) is 9.47 Å². The van der Waals surface area contributed by atoms with Crippen LogP contribution < -0.4 is 20.2 Å². The molecule has 0 heterocycles. The minimum atomic E-state index is -0.347. The molecule has 0 aliphatic rings. The van der Waals surface area contributed by atoms with Crippen LogP contribution >= 0.6 is 15.9 Å². The third-order valence-corrected chi connectivity index (χ3v) is 4.77. The Kier molecular flexibility index (Phi) is 8.86. The molecule has 2 N–H and O–H groups in total. The van der Waals surface area contributed by atoms with Crippen LogP contribution in [0.15, 0.2) is 39.9 Å². The minimum Gasteiger partial charge on any atom is -0.492 e. The van der Waals surface area contributed by atoms with Gasteiger partial charge in [0.05, 0.1) is 24.4 Å². The van der Waals surface area contributed by atoms with E-state index in [-0.39, 0.29) is 24.7 Å². The first-order chi connectivity index (χ1) is 14.3. The third-order valence-electron chi connectivity index (χ3n) is 4.18. The molecular weight excluding hydrogens is 450 g/mol. The molecule has 0 aliphatic heterocycles. The van der Waals surface area contributed by atoms with Crippen molar-refractivity contribution in [1.29, 1.82) is 0 Å². The van der Waals surface area contributed by atoms with Gasteiger partial charge in [0, 0.05) is 18.5 Å². The summed E-state index contributed by atoms with van der Waals surface area (Å²) in [6.45, 7) is 6.25. The summed E-state index contributed by atoms with van der Waals surface area (Å²) in [5.41, 5.74) is 5.94. The number of carbonyl (C=O) groups excluding carboxylic acids is 2. The third kappa shape index (κ3) is 6.88. The van der Waals surface area contributed by atoms with Crippen molar-refractivity contribution in [1.82, 2.24) is 5.43 Å². The van der Waals surface area contributed by atoms with Crippen molar-refractivity contribution in [3.05, 3.63) is 51.5 Å². The Balaban J connectivity index is 1.87. The highest BCUT2D eigenvalue weighted by Crippen LogP contribution is 2.36. The lowest BCUT2D eigenvalue weighted by atomic mass is 10.1. The molecule has 160 valence electrons. The maximum absolute atomic E-state index is 12.1. The van der Waals surface area contributed by atoms with Crippen molar-refractivity contribution >= 4 is 39.6 Å². The summed E-state index contributed by atoms with van der Waals surface area (Å²) in [5, 5.41) is 6.79. The van der Waals surface area contributed by atoms with Crippen molar-refractivity contribution in [3.63, 3.8) is 0 Å². The van der Waals surface area contributed by atoms with Crippen LogP contribution in [0.2, 0.25) is 0 Å². The number of nitrogens with zero attached hydrogens (tertiary/aromatic N) is 1. The summed E-state index contributed by atoms with van der Waals surface area (Å²) in [6, 6.07) is 9.39. The molecule has 2 rings (SSSR count). The number of nitrogens with one attached hydrogen (secondary N) is 2. The molecule has 0 spiro atoms. The molecule has 0 unspecified atom stereocenters. The van der Waals surface area contributed by atoms with E-state index in [2.05, 4.69) is 31.8 Å². The molecule has 2 amide bonds. The largest absolute Gasteiger partial charge is 0.492 e. The van der Waals surface area contributed by atoms with Gasteiger partial charge in [0.2, 0.25) is 11.8 Å². The molecule has 0 fully saturated rings. The summed E-state index contributed by atoms with van der Waals surface area (Å²) in [5.74, 6) is 0.599. The number of aryl methyl sites for hydroxylation is 2. The van der Waals surface area contributed by atoms with E-state index in [9.17, 15) is 9.59 Å². The van der Waals surface area contributed by atoms with E-state index in [0.29, 0.717) is 22.6 Å². The lowest BCUT2D eigenvalue weighted by Gasteiger charge is -2.11. The second-order valence-electron chi connectivity index (χ2n) is 6.63. The van der Waals surface area contributed by atoms with E-state index in [1.807, 2.05) is 39.0 Å². The monoisotopic (exact) mass is 475 g/mol. The summed E-state index contributed by atoms with van der Waals surface area (Å²) >= 11 is 3.43. The van der Waals surface area contributed by atoms with Crippen molar-refractivity contribution in [3.8, 4) is 11.5 Å². The molecule has 0 saturated heterocycles. The van der Waals surface area contributed by atoms with E-state index >= 15 is 0 Å². The van der Waals surface area contributed by atoms with Crippen LogP contribution in [0.5, 0.6) is 11.5 Å². The lowest BCUT2D eigenvalue weighted by Crippen LogP contribution is -2.21. The van der Waals surface area contributed by atoms with Crippen molar-refractivity contribution in [2.45, 2.75) is 33.6 Å². The second kappa shape index (κ2) is 11.3. The fourth-order valence-corrected chi connectivity index (χ4v) is 3.29. The highest BCUT2D eigenvalue weighted by Gasteiger charge is 2.11. The molecule has 0 saturated carbocycles. The maximum atomic E-state index is 12.1. The number of amides is 2. The van der Waals surface area contributed by atoms with E-state index < -0.39 is 0 Å². The molecular formula is C22H26BrN3O4. The smallest absolute Gasteiger partial charge is 0.240 e. The first kappa shape index (κ1) is 23.4. The maximum Gasteiger partial charge on any atom is 0.240 e. The summed E-state index contributed by atoms with van der Waals surface area (Å²) in [4.78, 5) is 24.1. The van der Waals surface area contributed by atoms with Crippen LogP contribution in [-0.4, -0.2) is 31.7 Å². The molecule has 2 aromatic carbocycles. The van der Waals surface area contributed by atoms with E-state index in [1.165, 1.54) is 6.21 Å². The van der Waals surface area contributed by atoms with Gasteiger partial charge in [0.1, 0.15) is 0 Å². The molecule has 0 aliphatic carbocycles. The number of ether oxygens (including phenoxy) is 2. The fraction of sp³-hybridized carbons (Fsp3) is 0.318. The van der Waals surface area contributed by atoms with E-state index in [0.717, 1.165) is 22.4 Å². The standard InChI is InChI=1S/C22H26BrN3O4/c1-5-30-19-12-16(11-17(23)22(19)29-4)13-24-26-21(28)9-8-20(27)25-18-10-14(2)6-7-15(18)3/h6-7,10-13H,5,8-9H2,1-4H3,(H,25,27)(H,26,28). The number of rotatable bonds is 9. The number of hydrazone groups is 1. The van der Waals surface area contributed by atoms with Gasteiger partial charge in [-0.05, 0) is 71.6 Å². The fourth-order valence-electron chi connectivity index (χ4n) is 2.67. The highest BCUT2D eigenvalue weighted by molar-refractivity contribution is 9.10. The predicted molar refractivity (Wildman–Crippen MR) is 121 cm³/mol. The van der Waals surface area contributed by atoms with Gasteiger partial charge < -0.3 is 14.8 Å². The highest BCUT2D eigenvalue weighted by atomic mass is 79.9. The zero-order valence-electron chi connectivity index (χ0n) is 17.5. The predicted octanol–water partition coefficient (Wildman–Crippen LogP) is 4.34. The molecule has 7 nitrogen and oxygen atoms in total. The Morgan fingerprint density at radius 3 is 2.57 bits per heavy atom. The molecule has 0 bridgehead atoms. The van der Waals surface area contributed by atoms with Gasteiger partial charge in [0.25, 0.3) is 0 Å². The van der Waals surface area contributed by atoms with Gasteiger partial charge >= 0.3 is 0 Å². The zero-order valence-corrected chi connectivity index (χ0v) is 19.1. The number of methoxy groups -OCH3 is 1. The van der Waals surface area contributed by atoms with Crippen molar-refractivity contribution < 1.29 is 19.1 Å². The molecule has 8 heteroatoms. The van der Waals surface area contributed by atoms with Crippen LogP contribution in [0.3, 0.4) is 0 Å². The topological polar surface area (TPSA) is 89.0 Å². The number of anilines is 1. The number of hydrogen-bond acceptors (Lipinski definition) is 5. The summed E-state index contributed by atoms with van der Waals surface area (Å²) in [7, 11) is 1.56. The summed E-state index contributed by atoms with van der Waals surface area (Å²) in [6.07, 6.45) is 1.60. The van der Waals surface area contributed by atoms with Crippen LogP contribution in [0.4, 0.5) is 5.69 Å². The van der Waals surface area contributed by atoms with Crippen molar-refractivity contribution in [2.75, 3.05) is 19.0 Å². The second-order valence-corrected chi connectivity index (χ2v) is 7.48. The van der Waals surface area contributed by atoms with Gasteiger partial charge in [-0.1, -0.05) is 12.1 Å². The Morgan fingerprint density at radius 1 is 1.13 bits per heavy atom. The van der Waals surface area contributed by atoms with Gasteiger partial charge in [-0.15, -0.1) is 0 Å². The van der Waals surface area contributed by atoms with Crippen LogP contribution in [0.1, 0.15) is 36.5 Å². The minimum absolute atomic E-state index is 0.0323. The average Bonchev–Trinajstić information content (AvgIpc) is 2.69.